The van der Waals surface area contributed by atoms with Crippen molar-refractivity contribution in [3.05, 3.63) is 166 Å². The van der Waals surface area contributed by atoms with Gasteiger partial charge >= 0.3 is 28.5 Å². The van der Waals surface area contributed by atoms with Crippen LogP contribution in [0.4, 0.5) is 0 Å². The van der Waals surface area contributed by atoms with E-state index in [0.717, 1.165) is 88.1 Å². The summed E-state index contributed by atoms with van der Waals surface area (Å²) in [5.41, 5.74) is 16.4. The van der Waals surface area contributed by atoms with Gasteiger partial charge in [-0.15, -0.1) is 0 Å². The molecule has 96 heavy (non-hydrogen) atoms. The number of rotatable bonds is 0. The van der Waals surface area contributed by atoms with E-state index >= 15 is 0 Å². The maximum absolute atomic E-state index is 6.98. The van der Waals surface area contributed by atoms with Crippen molar-refractivity contribution in [1.82, 2.24) is 17.5 Å². The summed E-state index contributed by atoms with van der Waals surface area (Å²) < 4.78 is 82.4. The molecule has 0 N–H and O–H groups in total. The first-order valence-corrected chi connectivity index (χ1v) is 36.9. The largest absolute Gasteiger partial charge is 0.497 e. The first-order valence-electron chi connectivity index (χ1n) is 30.2. The van der Waals surface area contributed by atoms with E-state index in [2.05, 4.69) is 104 Å². The minimum absolute atomic E-state index is 0.210. The predicted octanol–water partition coefficient (Wildman–Crippen LogP) is 17.4. The molecule has 32 heteroatoms. The highest BCUT2D eigenvalue weighted by Crippen LogP contribution is 2.60. The van der Waals surface area contributed by atoms with Crippen molar-refractivity contribution in [2.45, 2.75) is 143 Å². The van der Waals surface area contributed by atoms with E-state index in [-0.39, 0.29) is 70.5 Å². The number of aromatic nitrogens is 4. The number of furan rings is 2. The van der Waals surface area contributed by atoms with Gasteiger partial charge in [-0.25, -0.2) is 0 Å². The molecule has 4 aliphatic carbocycles. The fourth-order valence-corrected chi connectivity index (χ4v) is 16.1. The van der Waals surface area contributed by atoms with Crippen LogP contribution in [0.1, 0.15) is 124 Å². The standard InChI is InChI=1S/C44H40B4N4O8S2.2C8H6O.4CHCl3/c1-41(2)21-13-18-22-14-17(21)33-37(41)57-45(53-33)25-9-10-26(30-29(25)49-61-50-30)47-55-35-19-15-24-20(16-23(19)43(5,6)39(35)59-47)36-40(44(24,7)8)60-48(56-36)28-12-11-27(31-32(28)52-62-51-31)46-54-34(18)38(58-46)42(22,3)4;2*1-2-4-8-7(3-1)5-6-9-8;4*2-1(3)4/h9-16,33-40H,1-8H3;2*1-6H;4*1H/t33-,34-,35+,36+,37-,38-,39+,40+;;;;;;. The fourth-order valence-electron chi connectivity index (χ4n) is 14.9. The van der Waals surface area contributed by atoms with Crippen molar-refractivity contribution in [2.24, 2.45) is 0 Å². The molecule has 4 saturated heterocycles. The number of para-hydroxylation sites is 2. The molecule has 31 rings (SSSR count). The third-order valence-electron chi connectivity index (χ3n) is 19.2. The molecule has 14 nitrogen and oxygen atoms in total. The van der Waals surface area contributed by atoms with Crippen LogP contribution in [-0.2, 0) is 58.9 Å². The third kappa shape index (κ3) is 13.3. The summed E-state index contributed by atoms with van der Waals surface area (Å²) in [6.45, 7) is 18.1. The first-order chi connectivity index (χ1) is 45.6. The van der Waals surface area contributed by atoms with Crippen molar-refractivity contribution in [3.8, 4) is 0 Å². The molecular formula is C64H56B4Cl12N4O10S2. The van der Waals surface area contributed by atoms with E-state index in [1.807, 2.05) is 60.7 Å². The number of hydrogen-bond donors (Lipinski definition) is 0. The van der Waals surface area contributed by atoms with Gasteiger partial charge in [0.25, 0.3) is 0 Å². The minimum Gasteiger partial charge on any atom is -0.464 e. The van der Waals surface area contributed by atoms with Crippen molar-refractivity contribution in [1.29, 1.82) is 0 Å². The van der Waals surface area contributed by atoms with Gasteiger partial charge in [0, 0.05) is 54.3 Å². The van der Waals surface area contributed by atoms with Gasteiger partial charge in [0.15, 0.2) is 17.2 Å². The van der Waals surface area contributed by atoms with Crippen LogP contribution >= 0.6 is 163 Å². The van der Waals surface area contributed by atoms with E-state index in [1.165, 1.54) is 45.7 Å². The molecule has 21 heterocycles. The quantitative estimate of drug-likeness (QED) is 0.105. The molecule has 0 spiro atoms. The Morgan fingerprint density at radius 2 is 0.562 bits per heavy atom. The van der Waals surface area contributed by atoms with Gasteiger partial charge in [0.2, 0.25) is 0 Å². The highest BCUT2D eigenvalue weighted by molar-refractivity contribution is 7.00. The molecular weight excluding hydrogens is 1520 g/mol. The number of alkyl halides is 12. The maximum Gasteiger partial charge on any atom is 0.497 e. The van der Waals surface area contributed by atoms with E-state index in [1.54, 1.807) is 12.5 Å². The lowest BCUT2D eigenvalue weighted by atomic mass is 9.71. The molecule has 21 aliphatic rings. The van der Waals surface area contributed by atoms with Crippen molar-refractivity contribution < 1.29 is 46.1 Å². The van der Waals surface area contributed by atoms with Crippen LogP contribution in [0.2, 0.25) is 0 Å². The van der Waals surface area contributed by atoms with Crippen molar-refractivity contribution >= 4 is 257 Å². The number of benzene rings is 6. The zero-order chi connectivity index (χ0) is 68.2. The Balaban J connectivity index is 0.000000200. The van der Waals surface area contributed by atoms with Gasteiger partial charge in [-0.05, 0) is 68.8 Å². The summed E-state index contributed by atoms with van der Waals surface area (Å²) in [4.78, 5) is 0. The molecule has 24 bridgehead atoms. The van der Waals surface area contributed by atoms with Crippen LogP contribution < -0.4 is 21.9 Å². The second-order valence-electron chi connectivity index (χ2n) is 26.0. The number of nitrogens with zero attached hydrogens (tertiary/aromatic N) is 4. The average molecular weight is 1570 g/mol. The van der Waals surface area contributed by atoms with Gasteiger partial charge in [-0.3, -0.25) is 0 Å². The Bertz CT molecular complexity index is 3950. The van der Waals surface area contributed by atoms with Crippen molar-refractivity contribution in [3.63, 3.8) is 0 Å². The highest BCUT2D eigenvalue weighted by Gasteiger charge is 2.63. The van der Waals surface area contributed by atoms with Crippen LogP contribution in [0.5, 0.6) is 0 Å². The number of fused-ring (bicyclic) bond motifs is 4. The van der Waals surface area contributed by atoms with Crippen LogP contribution in [0, 0.1) is 0 Å². The van der Waals surface area contributed by atoms with E-state index in [4.69, 9.17) is 203 Å². The van der Waals surface area contributed by atoms with Gasteiger partial charge in [0.05, 0.1) is 84.8 Å². The molecule has 500 valence electrons. The Morgan fingerprint density at radius 3 is 0.792 bits per heavy atom. The molecule has 4 fully saturated rings. The zero-order valence-corrected chi connectivity index (χ0v) is 62.7. The SMILES string of the molecule is CC1(C)c2cc3c4cc2[C@H]2OB(O[C@H]21)c1ccc(c2nsnc12)B1O[C@H]2c5cc6c(cc5C(C)(C)[C@H]2O1)[C@@H]1OB(O[C@@H]1C6(C)C)c1ccc(c2nsnc12)B1O[C@H]3[C@@H](O1)C4(C)C.ClC(Cl)Cl.ClC(Cl)Cl.ClC(Cl)Cl.ClC(Cl)Cl.c1ccc2occc2c1.c1ccc2occc2c1. The van der Waals surface area contributed by atoms with Gasteiger partial charge in [0.1, 0.15) is 33.2 Å². The summed E-state index contributed by atoms with van der Waals surface area (Å²) in [5.74, 6) is 0. The van der Waals surface area contributed by atoms with E-state index < -0.39 is 45.7 Å². The summed E-state index contributed by atoms with van der Waals surface area (Å²) >= 11 is 60.0. The van der Waals surface area contributed by atoms with Crippen LogP contribution in [0.15, 0.2) is 131 Å². The smallest absolute Gasteiger partial charge is 0.464 e. The maximum atomic E-state index is 6.98. The first kappa shape index (κ1) is 71.8. The van der Waals surface area contributed by atoms with E-state index in [0.29, 0.717) is 0 Å². The lowest BCUT2D eigenvalue weighted by Gasteiger charge is -2.28. The van der Waals surface area contributed by atoms with E-state index in [9.17, 15) is 0 Å². The lowest BCUT2D eigenvalue weighted by molar-refractivity contribution is 0.113. The average Bonchev–Trinajstić information content (AvgIpc) is 1.54. The lowest BCUT2D eigenvalue weighted by Crippen LogP contribution is -2.41. The summed E-state index contributed by atoms with van der Waals surface area (Å²) in [6.07, 6.45) is 1.51. The fraction of sp³-hybridized carbons (Fsp3) is 0.375. The molecule has 0 amide bonds. The Kier molecular flexibility index (Phi) is 21.1. The topological polar surface area (TPSA) is 152 Å². The Morgan fingerprint density at radius 1 is 0.333 bits per heavy atom. The van der Waals surface area contributed by atoms with Gasteiger partial charge < -0.3 is 46.1 Å². The molecule has 17 aliphatic heterocycles. The molecule has 0 saturated carbocycles. The second-order valence-corrected chi connectivity index (χ2v) is 35.0. The molecule has 0 radical (unpaired) electrons. The summed E-state index contributed by atoms with van der Waals surface area (Å²) in [5, 5.41) is 2.33. The predicted molar refractivity (Wildman–Crippen MR) is 394 cm³/mol. The number of hydrogen-bond acceptors (Lipinski definition) is 16. The second kappa shape index (κ2) is 28.3. The van der Waals surface area contributed by atoms with Gasteiger partial charge in [-0.1, -0.05) is 280 Å². The Hall–Kier alpha value is -2.54. The molecule has 6 aromatic carbocycles. The van der Waals surface area contributed by atoms with Gasteiger partial charge in [-0.2, -0.15) is 17.5 Å². The molecule has 10 aromatic rings. The molecule has 4 aromatic heterocycles. The normalized spacial score (nSPS) is 24.3. The zero-order valence-electron chi connectivity index (χ0n) is 52.0. The van der Waals surface area contributed by atoms with Crippen LogP contribution in [-0.4, -0.2) is 87.6 Å². The Labute approximate surface area is 624 Å². The summed E-state index contributed by atoms with van der Waals surface area (Å²) in [7, 11) is -2.48. The molecule has 8 atom stereocenters. The third-order valence-corrected chi connectivity index (χ3v) is 20.3. The van der Waals surface area contributed by atoms with Crippen LogP contribution in [0.25, 0.3) is 44.0 Å². The minimum atomic E-state index is -0.750. The monoisotopic (exact) mass is 1570 g/mol. The van der Waals surface area contributed by atoms with Crippen molar-refractivity contribution in [2.75, 3.05) is 0 Å². The summed E-state index contributed by atoms with van der Waals surface area (Å²) in [6, 6.07) is 37.4. The number of halogens is 12. The molecule has 0 unspecified atom stereocenters. The van der Waals surface area contributed by atoms with Crippen LogP contribution in [0.3, 0.4) is 0 Å². The highest BCUT2D eigenvalue weighted by atomic mass is 35.6.